The van der Waals surface area contributed by atoms with Crippen LogP contribution in [0.4, 0.5) is 8.78 Å². The van der Waals surface area contributed by atoms with E-state index in [1.807, 2.05) is 0 Å². The lowest BCUT2D eigenvalue weighted by Gasteiger charge is -2.07. The van der Waals surface area contributed by atoms with Gasteiger partial charge in [-0.3, -0.25) is 0 Å². The van der Waals surface area contributed by atoms with Crippen molar-refractivity contribution in [2.75, 3.05) is 0 Å². The zero-order chi connectivity index (χ0) is 10.0. The van der Waals surface area contributed by atoms with E-state index in [9.17, 15) is 8.78 Å². The average Bonchev–Trinajstić information content (AvgIpc) is 1.99. The number of hydrogen-bond acceptors (Lipinski definition) is 1. The first-order chi connectivity index (χ1) is 6.00. The largest absolute Gasteiger partial charge is 0.328 e. The van der Waals surface area contributed by atoms with Gasteiger partial charge < -0.3 is 5.73 Å². The summed E-state index contributed by atoms with van der Waals surface area (Å²) < 4.78 is 25.9. The third-order valence-corrected chi connectivity index (χ3v) is 1.87. The van der Waals surface area contributed by atoms with E-state index in [0.29, 0.717) is 17.5 Å². The minimum Gasteiger partial charge on any atom is -0.328 e. The molecule has 1 rings (SSSR count). The number of nitrogens with two attached hydrogens (primary N) is 1. The second-order valence-corrected chi connectivity index (χ2v) is 3.37. The maximum Gasteiger partial charge on any atom is 0.129 e. The van der Waals surface area contributed by atoms with Gasteiger partial charge in [-0.15, -0.1) is 0 Å². The van der Waals surface area contributed by atoms with Crippen molar-refractivity contribution in [1.82, 2.24) is 0 Å². The van der Waals surface area contributed by atoms with Crippen LogP contribution in [0.2, 0.25) is 0 Å². The fourth-order valence-corrected chi connectivity index (χ4v) is 1.22. The highest BCUT2D eigenvalue weighted by atomic mass is 19.1. The first-order valence-corrected chi connectivity index (χ1v) is 4.21. The summed E-state index contributed by atoms with van der Waals surface area (Å²) in [6.45, 7) is 3.40. The van der Waals surface area contributed by atoms with E-state index in [1.54, 1.807) is 13.8 Å². The van der Waals surface area contributed by atoms with Crippen molar-refractivity contribution in [2.24, 2.45) is 5.73 Å². The topological polar surface area (TPSA) is 26.0 Å². The molecule has 2 N–H and O–H groups in total. The molecule has 13 heavy (non-hydrogen) atoms. The highest BCUT2D eigenvalue weighted by molar-refractivity contribution is 5.26. The summed E-state index contributed by atoms with van der Waals surface area (Å²) in [5.74, 6) is -1.02. The Balaban J connectivity index is 3.01. The van der Waals surface area contributed by atoms with Crippen molar-refractivity contribution in [3.05, 3.63) is 34.9 Å². The maximum atomic E-state index is 13.1. The van der Waals surface area contributed by atoms with Crippen LogP contribution in [0.15, 0.2) is 12.1 Å². The lowest BCUT2D eigenvalue weighted by Crippen LogP contribution is -2.18. The van der Waals surface area contributed by atoms with Crippen LogP contribution in [-0.4, -0.2) is 6.04 Å². The van der Waals surface area contributed by atoms with Crippen LogP contribution in [0.3, 0.4) is 0 Å². The quantitative estimate of drug-likeness (QED) is 0.750. The fraction of sp³-hybridized carbons (Fsp3) is 0.400. The predicted molar refractivity (Wildman–Crippen MR) is 48.4 cm³/mol. The van der Waals surface area contributed by atoms with Crippen LogP contribution >= 0.6 is 0 Å². The number of rotatable bonds is 2. The molecule has 1 atom stereocenters. The van der Waals surface area contributed by atoms with E-state index in [2.05, 4.69) is 0 Å². The molecule has 1 aromatic carbocycles. The van der Waals surface area contributed by atoms with Gasteiger partial charge in [0.2, 0.25) is 0 Å². The van der Waals surface area contributed by atoms with E-state index >= 15 is 0 Å². The summed E-state index contributed by atoms with van der Waals surface area (Å²) in [6.07, 6.45) is 0.437. The minimum atomic E-state index is -0.514. The molecule has 0 bridgehead atoms. The first-order valence-electron chi connectivity index (χ1n) is 4.21. The predicted octanol–water partition coefficient (Wildman–Crippen LogP) is 2.16. The number of aryl methyl sites for hydroxylation is 1. The molecule has 0 saturated carbocycles. The summed E-state index contributed by atoms with van der Waals surface area (Å²) in [5.41, 5.74) is 6.46. The highest BCUT2D eigenvalue weighted by Gasteiger charge is 2.08. The molecule has 1 unspecified atom stereocenters. The van der Waals surface area contributed by atoms with Crippen LogP contribution in [0.25, 0.3) is 0 Å². The Hall–Kier alpha value is -0.960. The molecule has 0 saturated heterocycles. The number of hydrogen-bond donors (Lipinski definition) is 1. The van der Waals surface area contributed by atoms with Crippen molar-refractivity contribution < 1.29 is 8.78 Å². The maximum absolute atomic E-state index is 13.1. The molecule has 1 aromatic rings. The Labute approximate surface area is 76.6 Å². The minimum absolute atomic E-state index is 0.112. The van der Waals surface area contributed by atoms with Gasteiger partial charge >= 0.3 is 0 Å². The highest BCUT2D eigenvalue weighted by Crippen LogP contribution is 2.15. The molecule has 0 aliphatic heterocycles. The van der Waals surface area contributed by atoms with Gasteiger partial charge in [-0.25, -0.2) is 8.78 Å². The first kappa shape index (κ1) is 10.1. The Morgan fingerprint density at radius 2 is 1.92 bits per heavy atom. The summed E-state index contributed by atoms with van der Waals surface area (Å²) in [4.78, 5) is 0. The smallest absolute Gasteiger partial charge is 0.129 e. The van der Waals surface area contributed by atoms with Crippen LogP contribution in [0.1, 0.15) is 18.1 Å². The Morgan fingerprint density at radius 3 is 2.46 bits per heavy atom. The molecule has 0 spiro atoms. The summed E-state index contributed by atoms with van der Waals surface area (Å²) in [6, 6.07) is 2.31. The van der Waals surface area contributed by atoms with E-state index < -0.39 is 11.6 Å². The Kier molecular flexibility index (Phi) is 2.98. The molecule has 72 valence electrons. The van der Waals surface area contributed by atoms with Crippen molar-refractivity contribution in [1.29, 1.82) is 0 Å². The molecule has 3 heteroatoms. The fourth-order valence-electron chi connectivity index (χ4n) is 1.22. The molecule has 0 amide bonds. The number of benzene rings is 1. The average molecular weight is 185 g/mol. The van der Waals surface area contributed by atoms with Crippen LogP contribution in [0, 0.1) is 18.6 Å². The van der Waals surface area contributed by atoms with Gasteiger partial charge in [0.15, 0.2) is 0 Å². The normalized spacial score (nSPS) is 13.0. The number of halogens is 2. The van der Waals surface area contributed by atoms with Gasteiger partial charge in [-0.05, 0) is 31.4 Å². The van der Waals surface area contributed by atoms with Crippen molar-refractivity contribution in [3.8, 4) is 0 Å². The Bertz CT molecular complexity index is 308. The molecule has 1 nitrogen and oxygen atoms in total. The van der Waals surface area contributed by atoms with Crippen molar-refractivity contribution in [3.63, 3.8) is 0 Å². The second-order valence-electron chi connectivity index (χ2n) is 3.37. The van der Waals surface area contributed by atoms with E-state index in [-0.39, 0.29) is 6.04 Å². The van der Waals surface area contributed by atoms with Crippen LogP contribution in [-0.2, 0) is 6.42 Å². The standard InChI is InChI=1S/C10H13F2N/c1-6-3-8(4-7(2)13)10(12)5-9(6)11/h3,5,7H,4,13H2,1-2H3. The molecule has 0 fully saturated rings. The molecular weight excluding hydrogens is 172 g/mol. The van der Waals surface area contributed by atoms with Gasteiger partial charge in [-0.2, -0.15) is 0 Å². The van der Waals surface area contributed by atoms with Crippen molar-refractivity contribution in [2.45, 2.75) is 26.3 Å². The summed E-state index contributed by atoms with van der Waals surface area (Å²) in [5, 5.41) is 0. The van der Waals surface area contributed by atoms with Crippen molar-refractivity contribution >= 4 is 0 Å². The van der Waals surface area contributed by atoms with Gasteiger partial charge in [0.1, 0.15) is 11.6 Å². The van der Waals surface area contributed by atoms with Gasteiger partial charge in [0.05, 0.1) is 0 Å². The Morgan fingerprint density at radius 1 is 1.31 bits per heavy atom. The van der Waals surface area contributed by atoms with Gasteiger partial charge in [-0.1, -0.05) is 6.07 Å². The third kappa shape index (κ3) is 2.49. The van der Waals surface area contributed by atoms with Crippen LogP contribution < -0.4 is 5.73 Å². The molecule has 0 aliphatic carbocycles. The SMILES string of the molecule is Cc1cc(CC(C)N)c(F)cc1F. The third-order valence-electron chi connectivity index (χ3n) is 1.87. The van der Waals surface area contributed by atoms with Gasteiger partial charge in [0.25, 0.3) is 0 Å². The molecule has 0 aromatic heterocycles. The summed E-state index contributed by atoms with van der Waals surface area (Å²) in [7, 11) is 0. The van der Waals surface area contributed by atoms with E-state index in [4.69, 9.17) is 5.73 Å². The zero-order valence-electron chi connectivity index (χ0n) is 7.77. The monoisotopic (exact) mass is 185 g/mol. The van der Waals surface area contributed by atoms with Gasteiger partial charge in [0, 0.05) is 12.1 Å². The lowest BCUT2D eigenvalue weighted by atomic mass is 10.0. The second kappa shape index (κ2) is 3.83. The molecular formula is C10H13F2N. The molecule has 0 radical (unpaired) electrons. The zero-order valence-corrected chi connectivity index (χ0v) is 7.77. The lowest BCUT2D eigenvalue weighted by molar-refractivity contribution is 0.560. The van der Waals surface area contributed by atoms with E-state index in [1.165, 1.54) is 6.07 Å². The van der Waals surface area contributed by atoms with E-state index in [0.717, 1.165) is 6.07 Å². The molecule has 0 aliphatic rings. The van der Waals surface area contributed by atoms with Crippen LogP contribution in [0.5, 0.6) is 0 Å². The molecule has 0 heterocycles. The summed E-state index contributed by atoms with van der Waals surface area (Å²) >= 11 is 0.